The van der Waals surface area contributed by atoms with Crippen molar-refractivity contribution in [2.75, 3.05) is 13.2 Å². The molecule has 2 atom stereocenters. The fraction of sp³-hybridized carbons (Fsp3) is 0.846. The number of likely N-dealkylation sites (tertiary alicyclic amines) is 1. The molecule has 1 heterocycles. The van der Waals surface area contributed by atoms with Crippen LogP contribution in [-0.2, 0) is 14.3 Å². The van der Waals surface area contributed by atoms with Gasteiger partial charge in [-0.05, 0) is 34.1 Å². The van der Waals surface area contributed by atoms with E-state index in [4.69, 9.17) is 4.74 Å². The third kappa shape index (κ3) is 4.11. The minimum atomic E-state index is -0.249. The summed E-state index contributed by atoms with van der Waals surface area (Å²) in [4.78, 5) is 24.6. The number of ketones is 1. The second kappa shape index (κ2) is 5.17. The predicted octanol–water partition coefficient (Wildman–Crippen LogP) is 1.63. The van der Waals surface area contributed by atoms with E-state index in [9.17, 15) is 9.59 Å². The zero-order valence-corrected chi connectivity index (χ0v) is 11.4. The van der Waals surface area contributed by atoms with Crippen molar-refractivity contribution in [2.24, 2.45) is 5.92 Å². The van der Waals surface area contributed by atoms with Gasteiger partial charge < -0.3 is 9.64 Å². The molecule has 1 rings (SSSR count). The summed E-state index contributed by atoms with van der Waals surface area (Å²) in [5.74, 6) is 0.314. The Morgan fingerprint density at radius 1 is 1.29 bits per heavy atom. The van der Waals surface area contributed by atoms with Gasteiger partial charge in [-0.2, -0.15) is 0 Å². The molecular formula is C13H23NO3. The normalized spacial score (nSPS) is 25.1. The second-order valence-electron chi connectivity index (χ2n) is 5.82. The van der Waals surface area contributed by atoms with E-state index in [-0.39, 0.29) is 29.3 Å². The molecule has 0 aromatic rings. The second-order valence-corrected chi connectivity index (χ2v) is 5.82. The van der Waals surface area contributed by atoms with Crippen molar-refractivity contribution in [2.45, 2.75) is 52.7 Å². The van der Waals surface area contributed by atoms with Crippen LogP contribution in [0, 0.1) is 5.92 Å². The Balaban J connectivity index is 2.57. The van der Waals surface area contributed by atoms with E-state index in [0.717, 1.165) is 6.42 Å². The Kier molecular flexibility index (Phi) is 4.31. The molecular weight excluding hydrogens is 218 g/mol. The highest BCUT2D eigenvalue weighted by Gasteiger charge is 2.36. The quantitative estimate of drug-likeness (QED) is 0.754. The zero-order valence-electron chi connectivity index (χ0n) is 11.4. The number of Topliss-reactive ketones (excluding diaryl/α,β-unsaturated/α-hetero) is 1. The van der Waals surface area contributed by atoms with Crippen LogP contribution in [0.15, 0.2) is 0 Å². The summed E-state index contributed by atoms with van der Waals surface area (Å²) in [5.41, 5.74) is -0.171. The maximum atomic E-state index is 11.5. The van der Waals surface area contributed by atoms with E-state index in [0.29, 0.717) is 13.2 Å². The van der Waals surface area contributed by atoms with Crippen LogP contribution in [0.3, 0.4) is 0 Å². The monoisotopic (exact) mass is 241 g/mol. The molecule has 17 heavy (non-hydrogen) atoms. The standard InChI is InChI=1S/C13H23NO3/c1-9(15)12-6-11(7-14(12)10(2)16)8-17-13(3,4)5/h11-12H,6-8H2,1-5H3/t11?,12-/m0/s1. The Bertz CT molecular complexity index is 284. The number of hydrogen-bond donors (Lipinski definition) is 0. The molecule has 1 saturated heterocycles. The van der Waals surface area contributed by atoms with Crippen molar-refractivity contribution in [1.29, 1.82) is 0 Å². The highest BCUT2D eigenvalue weighted by molar-refractivity contribution is 5.87. The number of rotatable bonds is 3. The first-order valence-corrected chi connectivity index (χ1v) is 6.12. The summed E-state index contributed by atoms with van der Waals surface area (Å²) >= 11 is 0. The zero-order chi connectivity index (χ0) is 13.2. The van der Waals surface area contributed by atoms with Gasteiger partial charge in [0.05, 0.1) is 18.2 Å². The third-order valence-electron chi connectivity index (χ3n) is 3.01. The van der Waals surface area contributed by atoms with Crippen LogP contribution in [0.2, 0.25) is 0 Å². The fourth-order valence-electron chi connectivity index (χ4n) is 2.14. The van der Waals surface area contributed by atoms with E-state index >= 15 is 0 Å². The fourth-order valence-corrected chi connectivity index (χ4v) is 2.14. The number of carbonyl (C=O) groups is 2. The Morgan fingerprint density at radius 2 is 1.88 bits per heavy atom. The molecule has 0 radical (unpaired) electrons. The van der Waals surface area contributed by atoms with Gasteiger partial charge in [-0.1, -0.05) is 0 Å². The van der Waals surface area contributed by atoms with Crippen molar-refractivity contribution < 1.29 is 14.3 Å². The average Bonchev–Trinajstić information content (AvgIpc) is 2.57. The Morgan fingerprint density at radius 3 is 2.24 bits per heavy atom. The summed E-state index contributed by atoms with van der Waals surface area (Å²) in [6, 6.07) is -0.249. The smallest absolute Gasteiger partial charge is 0.220 e. The van der Waals surface area contributed by atoms with E-state index < -0.39 is 0 Å². The van der Waals surface area contributed by atoms with Crippen LogP contribution in [0.5, 0.6) is 0 Å². The van der Waals surface area contributed by atoms with Gasteiger partial charge in [0.2, 0.25) is 5.91 Å². The maximum Gasteiger partial charge on any atom is 0.220 e. The molecule has 1 unspecified atom stereocenters. The Labute approximate surface area is 103 Å². The summed E-state index contributed by atoms with van der Waals surface area (Å²) in [6.45, 7) is 10.3. The molecule has 0 spiro atoms. The van der Waals surface area contributed by atoms with E-state index in [1.54, 1.807) is 11.8 Å². The summed E-state index contributed by atoms with van der Waals surface area (Å²) < 4.78 is 5.72. The molecule has 4 heteroatoms. The van der Waals surface area contributed by atoms with Gasteiger partial charge in [-0.15, -0.1) is 0 Å². The first-order chi connectivity index (χ1) is 7.70. The third-order valence-corrected chi connectivity index (χ3v) is 3.01. The molecule has 0 aliphatic carbocycles. The highest BCUT2D eigenvalue weighted by Crippen LogP contribution is 2.25. The van der Waals surface area contributed by atoms with Crippen LogP contribution in [0.1, 0.15) is 41.0 Å². The van der Waals surface area contributed by atoms with Crippen LogP contribution < -0.4 is 0 Å². The molecule has 1 aliphatic rings. The van der Waals surface area contributed by atoms with Crippen molar-refractivity contribution in [3.05, 3.63) is 0 Å². The lowest BCUT2D eigenvalue weighted by Gasteiger charge is -2.22. The van der Waals surface area contributed by atoms with Crippen molar-refractivity contribution in [3.63, 3.8) is 0 Å². The van der Waals surface area contributed by atoms with Crippen LogP contribution in [0.4, 0.5) is 0 Å². The van der Waals surface area contributed by atoms with E-state index in [2.05, 4.69) is 0 Å². The van der Waals surface area contributed by atoms with Crippen molar-refractivity contribution >= 4 is 11.7 Å². The maximum absolute atomic E-state index is 11.5. The van der Waals surface area contributed by atoms with Crippen LogP contribution in [0.25, 0.3) is 0 Å². The molecule has 0 aromatic heterocycles. The van der Waals surface area contributed by atoms with Crippen LogP contribution >= 0.6 is 0 Å². The SMILES string of the molecule is CC(=O)[C@@H]1CC(COC(C)(C)C)CN1C(C)=O. The van der Waals surface area contributed by atoms with Gasteiger partial charge in [0.15, 0.2) is 5.78 Å². The van der Waals surface area contributed by atoms with Gasteiger partial charge in [-0.3, -0.25) is 9.59 Å². The molecule has 4 nitrogen and oxygen atoms in total. The molecule has 0 N–H and O–H groups in total. The summed E-state index contributed by atoms with van der Waals surface area (Å²) in [5, 5.41) is 0. The van der Waals surface area contributed by atoms with Crippen molar-refractivity contribution in [3.8, 4) is 0 Å². The number of carbonyl (C=O) groups excluding carboxylic acids is 2. The summed E-state index contributed by atoms with van der Waals surface area (Å²) in [6.07, 6.45) is 0.727. The number of hydrogen-bond acceptors (Lipinski definition) is 3. The minimum absolute atomic E-state index is 0.0246. The van der Waals surface area contributed by atoms with Gasteiger partial charge in [0.25, 0.3) is 0 Å². The number of amides is 1. The number of nitrogens with zero attached hydrogens (tertiary/aromatic N) is 1. The molecule has 0 aromatic carbocycles. The number of ether oxygens (including phenoxy) is 1. The van der Waals surface area contributed by atoms with E-state index in [1.807, 2.05) is 20.8 Å². The molecule has 1 amide bonds. The predicted molar refractivity (Wildman–Crippen MR) is 65.7 cm³/mol. The van der Waals surface area contributed by atoms with Gasteiger partial charge in [0, 0.05) is 19.4 Å². The highest BCUT2D eigenvalue weighted by atomic mass is 16.5. The minimum Gasteiger partial charge on any atom is -0.376 e. The molecule has 98 valence electrons. The van der Waals surface area contributed by atoms with Crippen LogP contribution in [-0.4, -0.2) is 41.4 Å². The molecule has 1 aliphatic heterocycles. The van der Waals surface area contributed by atoms with Gasteiger partial charge >= 0.3 is 0 Å². The van der Waals surface area contributed by atoms with Gasteiger partial charge in [0.1, 0.15) is 0 Å². The van der Waals surface area contributed by atoms with E-state index in [1.165, 1.54) is 6.92 Å². The average molecular weight is 241 g/mol. The molecule has 0 saturated carbocycles. The first-order valence-electron chi connectivity index (χ1n) is 6.12. The molecule has 1 fully saturated rings. The topological polar surface area (TPSA) is 46.6 Å². The van der Waals surface area contributed by atoms with Gasteiger partial charge in [-0.25, -0.2) is 0 Å². The Hall–Kier alpha value is -0.900. The largest absolute Gasteiger partial charge is 0.376 e. The summed E-state index contributed by atoms with van der Waals surface area (Å²) in [7, 11) is 0. The lowest BCUT2D eigenvalue weighted by atomic mass is 10.0. The lowest BCUT2D eigenvalue weighted by molar-refractivity contribution is -0.135. The van der Waals surface area contributed by atoms with Crippen molar-refractivity contribution in [1.82, 2.24) is 4.90 Å². The lowest BCUT2D eigenvalue weighted by Crippen LogP contribution is -2.38. The first kappa shape index (κ1) is 14.2. The molecule has 0 bridgehead atoms.